The average molecular weight is 716 g/mol. The zero-order valence-corrected chi connectivity index (χ0v) is 31.9. The molecule has 0 atom stereocenters. The van der Waals surface area contributed by atoms with Gasteiger partial charge in [0.1, 0.15) is 0 Å². The summed E-state index contributed by atoms with van der Waals surface area (Å²) < 4.78 is 2.46. The molecule has 0 unspecified atom stereocenters. The van der Waals surface area contributed by atoms with E-state index in [2.05, 4.69) is 201 Å². The summed E-state index contributed by atoms with van der Waals surface area (Å²) in [5, 5.41) is 5.18. The van der Waals surface area contributed by atoms with Gasteiger partial charge in [-0.1, -0.05) is 175 Å². The SMILES string of the molecule is Cc1ccccc1.Cc1ccccc1-c1ccc(-c2ccc(-c3ccc4c(c3)c3ccccc3n4-c3ccc4c5c(cccc35)-c3ccccc3-4)cc2)cc1C. The van der Waals surface area contributed by atoms with Crippen molar-refractivity contribution in [1.29, 1.82) is 0 Å². The van der Waals surface area contributed by atoms with Gasteiger partial charge >= 0.3 is 0 Å². The predicted octanol–water partition coefficient (Wildman–Crippen LogP) is 15.2. The van der Waals surface area contributed by atoms with Gasteiger partial charge in [0.25, 0.3) is 0 Å². The first kappa shape index (κ1) is 33.6. The predicted molar refractivity (Wildman–Crippen MR) is 240 cm³/mol. The molecule has 266 valence electrons. The van der Waals surface area contributed by atoms with Gasteiger partial charge in [0.15, 0.2) is 0 Å². The molecule has 0 aliphatic heterocycles. The van der Waals surface area contributed by atoms with E-state index in [1.165, 1.54) is 111 Å². The average Bonchev–Trinajstić information content (AvgIpc) is 3.75. The molecule has 1 heteroatoms. The van der Waals surface area contributed by atoms with Crippen LogP contribution in [0.2, 0.25) is 0 Å². The van der Waals surface area contributed by atoms with Crippen molar-refractivity contribution in [1.82, 2.24) is 4.57 Å². The van der Waals surface area contributed by atoms with Crippen molar-refractivity contribution >= 4 is 32.6 Å². The number of para-hydroxylation sites is 1. The third kappa shape index (κ3) is 5.63. The fourth-order valence-corrected chi connectivity index (χ4v) is 8.81. The van der Waals surface area contributed by atoms with Crippen LogP contribution in [-0.2, 0) is 0 Å². The third-order valence-electron chi connectivity index (χ3n) is 11.6. The summed E-state index contributed by atoms with van der Waals surface area (Å²) in [4.78, 5) is 0. The van der Waals surface area contributed by atoms with Crippen molar-refractivity contribution < 1.29 is 0 Å². The molecule has 0 amide bonds. The number of benzene rings is 9. The minimum atomic E-state index is 1.22. The van der Waals surface area contributed by atoms with Gasteiger partial charge in [0, 0.05) is 16.2 Å². The topological polar surface area (TPSA) is 4.93 Å². The van der Waals surface area contributed by atoms with Crippen LogP contribution in [0.1, 0.15) is 16.7 Å². The third-order valence-corrected chi connectivity index (χ3v) is 11.6. The molecule has 0 radical (unpaired) electrons. The Labute approximate surface area is 328 Å². The van der Waals surface area contributed by atoms with Crippen LogP contribution in [0.4, 0.5) is 0 Å². The first-order valence-corrected chi connectivity index (χ1v) is 19.5. The van der Waals surface area contributed by atoms with Gasteiger partial charge in [-0.2, -0.15) is 0 Å². The molecule has 0 saturated carbocycles. The summed E-state index contributed by atoms with van der Waals surface area (Å²) in [6, 6.07) is 70.8. The van der Waals surface area contributed by atoms with Crippen LogP contribution < -0.4 is 0 Å². The summed E-state index contributed by atoms with van der Waals surface area (Å²) in [5.41, 5.74) is 20.4. The minimum Gasteiger partial charge on any atom is -0.309 e. The molecule has 0 N–H and O–H groups in total. The van der Waals surface area contributed by atoms with E-state index in [4.69, 9.17) is 0 Å². The maximum absolute atomic E-state index is 2.46. The highest BCUT2D eigenvalue weighted by atomic mass is 15.0. The van der Waals surface area contributed by atoms with Crippen molar-refractivity contribution in [2.24, 2.45) is 0 Å². The Morgan fingerprint density at radius 1 is 0.304 bits per heavy atom. The lowest BCUT2D eigenvalue weighted by Gasteiger charge is -2.13. The smallest absolute Gasteiger partial charge is 0.0541 e. The van der Waals surface area contributed by atoms with Gasteiger partial charge in [-0.25, -0.2) is 0 Å². The van der Waals surface area contributed by atoms with E-state index in [-0.39, 0.29) is 0 Å². The lowest BCUT2D eigenvalue weighted by molar-refractivity contribution is 1.20. The van der Waals surface area contributed by atoms with Crippen molar-refractivity contribution in [3.8, 4) is 61.3 Å². The molecule has 56 heavy (non-hydrogen) atoms. The highest BCUT2D eigenvalue weighted by molar-refractivity contribution is 6.19. The number of hydrogen-bond donors (Lipinski definition) is 0. The summed E-state index contributed by atoms with van der Waals surface area (Å²) >= 11 is 0. The van der Waals surface area contributed by atoms with Gasteiger partial charge in [0.2, 0.25) is 0 Å². The fourth-order valence-electron chi connectivity index (χ4n) is 8.81. The number of aryl methyl sites for hydroxylation is 3. The molecule has 1 aliphatic rings. The Morgan fingerprint density at radius 3 is 1.52 bits per heavy atom. The molecular formula is C55H41N. The largest absolute Gasteiger partial charge is 0.309 e. The van der Waals surface area contributed by atoms with E-state index < -0.39 is 0 Å². The van der Waals surface area contributed by atoms with Crippen LogP contribution in [-0.4, -0.2) is 4.57 Å². The molecule has 0 bridgehead atoms. The van der Waals surface area contributed by atoms with Gasteiger partial charge in [0.05, 0.1) is 16.7 Å². The maximum atomic E-state index is 2.46. The minimum absolute atomic E-state index is 1.22. The number of fused-ring (bicyclic) bond motifs is 6. The zero-order chi connectivity index (χ0) is 37.8. The zero-order valence-electron chi connectivity index (χ0n) is 31.9. The number of hydrogen-bond acceptors (Lipinski definition) is 0. The Bertz CT molecular complexity index is 3060. The van der Waals surface area contributed by atoms with Crippen LogP contribution in [0.5, 0.6) is 0 Å². The second-order valence-corrected chi connectivity index (χ2v) is 15.1. The van der Waals surface area contributed by atoms with E-state index in [1.54, 1.807) is 0 Å². The Morgan fingerprint density at radius 2 is 0.821 bits per heavy atom. The molecule has 9 aromatic carbocycles. The van der Waals surface area contributed by atoms with E-state index >= 15 is 0 Å². The lowest BCUT2D eigenvalue weighted by atomic mass is 9.93. The fraction of sp³-hybridized carbons (Fsp3) is 0.0545. The molecule has 11 rings (SSSR count). The van der Waals surface area contributed by atoms with Crippen molar-refractivity contribution in [3.63, 3.8) is 0 Å². The Hall–Kier alpha value is -6.96. The standard InChI is InChI=1S/C48H33N.C7H8/c1-30-10-3-4-11-36(30)37-24-22-34(28-31(37)2)32-18-20-33(21-19-32)35-23-26-47-44(29-35)40-14-7-8-17-45(40)49(47)46-27-25-42-39-13-6-5-12-38(39)41-15-9-16-43(46)48(41)42;1-7-5-3-2-4-6-7/h3-29H,1-2H3;2-6H,1H3. The second-order valence-electron chi connectivity index (χ2n) is 15.1. The van der Waals surface area contributed by atoms with E-state index in [1.807, 2.05) is 18.2 Å². The summed E-state index contributed by atoms with van der Waals surface area (Å²) in [6.07, 6.45) is 0. The summed E-state index contributed by atoms with van der Waals surface area (Å²) in [7, 11) is 0. The molecule has 1 aromatic heterocycles. The molecule has 0 fully saturated rings. The van der Waals surface area contributed by atoms with Crippen LogP contribution in [0, 0.1) is 20.8 Å². The van der Waals surface area contributed by atoms with Crippen molar-refractivity contribution in [3.05, 3.63) is 211 Å². The molecule has 1 aliphatic carbocycles. The monoisotopic (exact) mass is 715 g/mol. The number of nitrogens with zero attached hydrogens (tertiary/aromatic N) is 1. The van der Waals surface area contributed by atoms with Gasteiger partial charge in [-0.05, 0) is 117 Å². The summed E-state index contributed by atoms with van der Waals surface area (Å²) in [6.45, 7) is 6.48. The summed E-state index contributed by atoms with van der Waals surface area (Å²) in [5.74, 6) is 0. The highest BCUT2D eigenvalue weighted by Gasteiger charge is 2.23. The quantitative estimate of drug-likeness (QED) is 0.171. The lowest BCUT2D eigenvalue weighted by Crippen LogP contribution is -1.95. The van der Waals surface area contributed by atoms with Crippen LogP contribution in [0.25, 0.3) is 93.9 Å². The second kappa shape index (κ2) is 13.7. The molecule has 0 saturated heterocycles. The van der Waals surface area contributed by atoms with Crippen molar-refractivity contribution in [2.45, 2.75) is 20.8 Å². The van der Waals surface area contributed by atoms with Gasteiger partial charge < -0.3 is 4.57 Å². The van der Waals surface area contributed by atoms with Gasteiger partial charge in [-0.3, -0.25) is 0 Å². The van der Waals surface area contributed by atoms with Crippen LogP contribution in [0.15, 0.2) is 194 Å². The number of aromatic nitrogens is 1. The first-order valence-electron chi connectivity index (χ1n) is 19.5. The highest BCUT2D eigenvalue weighted by Crippen LogP contribution is 2.49. The first-order chi connectivity index (χ1) is 27.5. The molecule has 1 nitrogen and oxygen atoms in total. The maximum Gasteiger partial charge on any atom is 0.0541 e. The normalized spacial score (nSPS) is 11.5. The van der Waals surface area contributed by atoms with E-state index in [9.17, 15) is 0 Å². The van der Waals surface area contributed by atoms with E-state index in [0.29, 0.717) is 0 Å². The molecule has 1 heterocycles. The van der Waals surface area contributed by atoms with Crippen LogP contribution >= 0.6 is 0 Å². The molecule has 0 spiro atoms. The molecule has 10 aromatic rings. The Kier molecular flexibility index (Phi) is 8.23. The van der Waals surface area contributed by atoms with Crippen LogP contribution in [0.3, 0.4) is 0 Å². The van der Waals surface area contributed by atoms with Crippen molar-refractivity contribution in [2.75, 3.05) is 0 Å². The van der Waals surface area contributed by atoms with E-state index in [0.717, 1.165) is 0 Å². The number of rotatable bonds is 4. The molecular weight excluding hydrogens is 675 g/mol. The Balaban J connectivity index is 0.000000498. The van der Waals surface area contributed by atoms with Gasteiger partial charge in [-0.15, -0.1) is 0 Å².